The van der Waals surface area contributed by atoms with Gasteiger partial charge in [-0.1, -0.05) is 0 Å². The fraction of sp³-hybridized carbons (Fsp3) is 0.846. The minimum absolute atomic E-state index is 0.463. The Labute approximate surface area is 127 Å². The molecule has 0 aromatic carbocycles. The highest BCUT2D eigenvalue weighted by Crippen LogP contribution is 2.29. The molecule has 0 bridgehead atoms. The molecule has 4 nitrogen and oxygen atoms in total. The van der Waals surface area contributed by atoms with Crippen molar-refractivity contribution in [1.29, 1.82) is 0 Å². The fourth-order valence-corrected chi connectivity index (χ4v) is 3.96. The van der Waals surface area contributed by atoms with E-state index in [0.717, 1.165) is 0 Å². The molecule has 0 spiro atoms. The molecule has 0 unspecified atom stereocenters. The van der Waals surface area contributed by atoms with Crippen LogP contribution in [0.2, 0.25) is 58.9 Å². The zero-order valence-electron chi connectivity index (χ0n) is 14.7. The Bertz CT molecular complexity index is 332. The van der Waals surface area contributed by atoms with Crippen molar-refractivity contribution in [2.45, 2.75) is 71.8 Å². The van der Waals surface area contributed by atoms with Crippen molar-refractivity contribution in [3.63, 3.8) is 0 Å². The third-order valence-electron chi connectivity index (χ3n) is 1.95. The topological polar surface area (TPSA) is 47.6 Å². The standard InChI is InChI=1S/C13H31O4Si3/c1-12(11-15-18(2,3)4)13(14,16-19(5,6)7)17-20(8,9)10/h11H,1-10H3/b12-11+. The van der Waals surface area contributed by atoms with Crippen molar-refractivity contribution < 1.29 is 18.4 Å². The van der Waals surface area contributed by atoms with Gasteiger partial charge in [-0.3, -0.25) is 0 Å². The molecule has 0 rings (SSSR count). The Morgan fingerprint density at radius 1 is 0.800 bits per heavy atom. The van der Waals surface area contributed by atoms with Crippen molar-refractivity contribution in [2.75, 3.05) is 0 Å². The highest BCUT2D eigenvalue weighted by atomic mass is 28.4. The third kappa shape index (κ3) is 9.09. The first-order chi connectivity index (χ1) is 8.54. The van der Waals surface area contributed by atoms with Gasteiger partial charge < -0.3 is 13.3 Å². The average Bonchev–Trinajstić information content (AvgIpc) is 2.05. The molecule has 0 aliphatic heterocycles. The summed E-state index contributed by atoms with van der Waals surface area (Å²) in [5, 5.41) is 13.0. The number of hydrogen-bond donors (Lipinski definition) is 0. The van der Waals surface area contributed by atoms with Gasteiger partial charge in [0.25, 0.3) is 0 Å². The number of hydrogen-bond acceptors (Lipinski definition) is 3. The van der Waals surface area contributed by atoms with E-state index in [1.807, 2.05) is 39.3 Å². The van der Waals surface area contributed by atoms with Crippen LogP contribution in [0.5, 0.6) is 0 Å². The lowest BCUT2D eigenvalue weighted by atomic mass is 10.3. The van der Waals surface area contributed by atoms with Crippen molar-refractivity contribution >= 4 is 25.0 Å². The van der Waals surface area contributed by atoms with E-state index in [1.54, 1.807) is 13.2 Å². The fourth-order valence-electron chi connectivity index (χ4n) is 1.33. The van der Waals surface area contributed by atoms with E-state index in [2.05, 4.69) is 19.6 Å². The summed E-state index contributed by atoms with van der Waals surface area (Å²) in [6, 6.07) is 0. The zero-order chi connectivity index (χ0) is 16.4. The maximum absolute atomic E-state index is 13.0. The second-order valence-corrected chi connectivity index (χ2v) is 21.3. The summed E-state index contributed by atoms with van der Waals surface area (Å²) < 4.78 is 17.3. The van der Waals surface area contributed by atoms with Crippen molar-refractivity contribution in [3.05, 3.63) is 11.8 Å². The van der Waals surface area contributed by atoms with Crippen molar-refractivity contribution in [1.82, 2.24) is 0 Å². The molecule has 7 heteroatoms. The molecule has 0 aliphatic carbocycles. The predicted octanol–water partition coefficient (Wildman–Crippen LogP) is 4.53. The van der Waals surface area contributed by atoms with Crippen LogP contribution in [0.4, 0.5) is 0 Å². The van der Waals surface area contributed by atoms with E-state index in [4.69, 9.17) is 13.3 Å². The molecular weight excluding hydrogens is 304 g/mol. The second kappa shape index (κ2) is 6.45. The molecule has 0 fully saturated rings. The van der Waals surface area contributed by atoms with Gasteiger partial charge in [-0.05, 0) is 65.8 Å². The van der Waals surface area contributed by atoms with Crippen molar-refractivity contribution in [3.8, 4) is 0 Å². The summed E-state index contributed by atoms with van der Waals surface area (Å²) in [4.78, 5) is 0. The highest BCUT2D eigenvalue weighted by molar-refractivity contribution is 6.71. The van der Waals surface area contributed by atoms with Gasteiger partial charge in [-0.15, -0.1) is 0 Å². The molecule has 20 heavy (non-hydrogen) atoms. The Morgan fingerprint density at radius 3 is 1.40 bits per heavy atom. The van der Waals surface area contributed by atoms with Gasteiger partial charge in [0.15, 0.2) is 16.6 Å². The van der Waals surface area contributed by atoms with Gasteiger partial charge in [0, 0.05) is 5.57 Å². The van der Waals surface area contributed by atoms with E-state index in [-0.39, 0.29) is 0 Å². The summed E-state index contributed by atoms with van der Waals surface area (Å²) >= 11 is 0. The van der Waals surface area contributed by atoms with Crippen LogP contribution in [-0.2, 0) is 18.4 Å². The van der Waals surface area contributed by atoms with Gasteiger partial charge in [0.05, 0.1) is 6.26 Å². The second-order valence-electron chi connectivity index (χ2n) is 8.02. The Hall–Kier alpha value is 0.0706. The first-order valence-electron chi connectivity index (χ1n) is 7.00. The summed E-state index contributed by atoms with van der Waals surface area (Å²) in [6.07, 6.45) is 1.54. The normalized spacial score (nSPS) is 15.4. The Balaban J connectivity index is 5.31. The first-order valence-corrected chi connectivity index (χ1v) is 17.2. The Kier molecular flexibility index (Phi) is 6.47. The van der Waals surface area contributed by atoms with Gasteiger partial charge in [0.2, 0.25) is 8.32 Å². The van der Waals surface area contributed by atoms with Crippen LogP contribution in [-0.4, -0.2) is 30.9 Å². The minimum Gasteiger partial charge on any atom is -0.549 e. The van der Waals surface area contributed by atoms with Crippen LogP contribution in [0.3, 0.4) is 0 Å². The monoisotopic (exact) mass is 335 g/mol. The van der Waals surface area contributed by atoms with Crippen LogP contribution >= 0.6 is 0 Å². The maximum Gasteiger partial charge on any atom is 0.321 e. The smallest absolute Gasteiger partial charge is 0.321 e. The van der Waals surface area contributed by atoms with E-state index < -0.39 is 30.9 Å². The minimum atomic E-state index is -2.03. The van der Waals surface area contributed by atoms with Gasteiger partial charge in [-0.25, -0.2) is 0 Å². The summed E-state index contributed by atoms with van der Waals surface area (Å²) in [5.41, 5.74) is 0.463. The average molecular weight is 336 g/mol. The molecule has 0 aromatic heterocycles. The summed E-state index contributed by atoms with van der Waals surface area (Å²) in [7, 11) is -5.78. The van der Waals surface area contributed by atoms with Crippen molar-refractivity contribution in [2.24, 2.45) is 0 Å². The summed E-state index contributed by atoms with van der Waals surface area (Å²) in [6.45, 7) is 19.9. The SMILES string of the molecule is C/C(=C\O[Si](C)(C)C)C([O])(O[Si](C)(C)C)O[Si](C)(C)C. The molecule has 0 saturated carbocycles. The summed E-state index contributed by atoms with van der Waals surface area (Å²) in [5.74, 6) is -1.92. The van der Waals surface area contributed by atoms with Crippen LogP contribution in [0, 0.1) is 0 Å². The lowest BCUT2D eigenvalue weighted by molar-refractivity contribution is -0.290. The van der Waals surface area contributed by atoms with Gasteiger partial charge in [0.1, 0.15) is 0 Å². The highest BCUT2D eigenvalue weighted by Gasteiger charge is 2.43. The zero-order valence-corrected chi connectivity index (χ0v) is 17.7. The lowest BCUT2D eigenvalue weighted by Crippen LogP contribution is -2.50. The van der Waals surface area contributed by atoms with Gasteiger partial charge >= 0.3 is 5.97 Å². The van der Waals surface area contributed by atoms with Crippen LogP contribution in [0.15, 0.2) is 11.8 Å². The molecule has 119 valence electrons. The van der Waals surface area contributed by atoms with E-state index in [9.17, 15) is 5.11 Å². The van der Waals surface area contributed by atoms with Crippen LogP contribution in [0.1, 0.15) is 6.92 Å². The van der Waals surface area contributed by atoms with Gasteiger partial charge in [-0.2, -0.15) is 5.11 Å². The molecule has 0 heterocycles. The molecular formula is C13H31O4Si3. The first kappa shape index (κ1) is 20.1. The predicted molar refractivity (Wildman–Crippen MR) is 90.5 cm³/mol. The maximum atomic E-state index is 13.0. The quantitative estimate of drug-likeness (QED) is 0.390. The lowest BCUT2D eigenvalue weighted by Gasteiger charge is -2.37. The van der Waals surface area contributed by atoms with Crippen LogP contribution < -0.4 is 0 Å². The molecule has 1 radical (unpaired) electrons. The van der Waals surface area contributed by atoms with E-state index in [1.165, 1.54) is 0 Å². The van der Waals surface area contributed by atoms with E-state index in [0.29, 0.717) is 5.57 Å². The molecule has 0 amide bonds. The number of rotatable bonds is 7. The molecule has 0 N–H and O–H groups in total. The third-order valence-corrected chi connectivity index (χ3v) is 4.54. The van der Waals surface area contributed by atoms with E-state index >= 15 is 0 Å². The molecule has 0 aliphatic rings. The molecule has 0 aromatic rings. The van der Waals surface area contributed by atoms with Crippen LogP contribution in [0.25, 0.3) is 0 Å². The largest absolute Gasteiger partial charge is 0.549 e. The molecule has 0 saturated heterocycles. The Morgan fingerprint density at radius 2 is 1.15 bits per heavy atom. The molecule has 0 atom stereocenters.